The molecule has 17 heavy (non-hydrogen) atoms. The average Bonchev–Trinajstić information content (AvgIpc) is 2.29. The fraction of sp³-hybridized carbons (Fsp3) is 0.300. The SMILES string of the molecule is COC(=O)c1cc(Br)c(CBr)cc1OC(F)F. The van der Waals surface area contributed by atoms with Crippen LogP contribution in [-0.4, -0.2) is 19.7 Å². The van der Waals surface area contributed by atoms with Crippen LogP contribution in [0.3, 0.4) is 0 Å². The van der Waals surface area contributed by atoms with E-state index in [2.05, 4.69) is 41.3 Å². The second kappa shape index (κ2) is 6.30. The van der Waals surface area contributed by atoms with E-state index in [4.69, 9.17) is 0 Å². The van der Waals surface area contributed by atoms with Crippen molar-refractivity contribution in [2.24, 2.45) is 0 Å². The lowest BCUT2D eigenvalue weighted by molar-refractivity contribution is -0.0504. The summed E-state index contributed by atoms with van der Waals surface area (Å²) >= 11 is 6.42. The Hall–Kier alpha value is -0.690. The molecule has 0 aliphatic heterocycles. The third-order valence-corrected chi connectivity index (χ3v) is 3.26. The van der Waals surface area contributed by atoms with Crippen LogP contribution in [0.1, 0.15) is 15.9 Å². The summed E-state index contributed by atoms with van der Waals surface area (Å²) in [5.74, 6) is -0.938. The van der Waals surface area contributed by atoms with Crippen molar-refractivity contribution in [1.29, 1.82) is 0 Å². The molecule has 0 bridgehead atoms. The fourth-order valence-electron chi connectivity index (χ4n) is 1.16. The molecular formula is C10H8Br2F2O3. The molecule has 0 unspecified atom stereocenters. The highest BCUT2D eigenvalue weighted by Gasteiger charge is 2.18. The Kier molecular flexibility index (Phi) is 5.32. The van der Waals surface area contributed by atoms with Crippen molar-refractivity contribution in [3.05, 3.63) is 27.7 Å². The molecule has 7 heteroatoms. The van der Waals surface area contributed by atoms with E-state index in [0.29, 0.717) is 15.4 Å². The minimum Gasteiger partial charge on any atom is -0.465 e. The van der Waals surface area contributed by atoms with Gasteiger partial charge in [-0.25, -0.2) is 4.79 Å². The normalized spacial score (nSPS) is 10.5. The van der Waals surface area contributed by atoms with Crippen LogP contribution in [-0.2, 0) is 10.1 Å². The van der Waals surface area contributed by atoms with Gasteiger partial charge in [0.05, 0.1) is 7.11 Å². The third-order valence-electron chi connectivity index (χ3n) is 1.91. The second-order valence-corrected chi connectivity index (χ2v) is 4.36. The van der Waals surface area contributed by atoms with Crippen molar-refractivity contribution >= 4 is 37.8 Å². The van der Waals surface area contributed by atoms with E-state index in [1.54, 1.807) is 0 Å². The number of benzene rings is 1. The maximum atomic E-state index is 12.2. The lowest BCUT2D eigenvalue weighted by Crippen LogP contribution is -2.10. The second-order valence-electron chi connectivity index (χ2n) is 2.94. The molecule has 0 heterocycles. The first-order chi connectivity index (χ1) is 7.99. The predicted octanol–water partition coefficient (Wildman–Crippen LogP) is 3.73. The summed E-state index contributed by atoms with van der Waals surface area (Å²) in [6, 6.07) is 2.75. The van der Waals surface area contributed by atoms with E-state index < -0.39 is 12.6 Å². The number of esters is 1. The van der Waals surface area contributed by atoms with Crippen molar-refractivity contribution in [3.8, 4) is 5.75 Å². The van der Waals surface area contributed by atoms with Crippen LogP contribution in [0, 0.1) is 0 Å². The molecule has 3 nitrogen and oxygen atoms in total. The number of ether oxygens (including phenoxy) is 2. The molecule has 0 radical (unpaired) electrons. The molecule has 0 N–H and O–H groups in total. The van der Waals surface area contributed by atoms with E-state index in [0.717, 1.165) is 0 Å². The Labute approximate surface area is 113 Å². The summed E-state index contributed by atoms with van der Waals surface area (Å²) in [6.45, 7) is -3.00. The molecule has 0 spiro atoms. The minimum absolute atomic E-state index is 0.0515. The van der Waals surface area contributed by atoms with E-state index in [9.17, 15) is 13.6 Å². The van der Waals surface area contributed by atoms with E-state index in [1.807, 2.05) is 0 Å². The molecular weight excluding hydrogens is 366 g/mol. The molecule has 0 saturated carbocycles. The molecule has 0 saturated heterocycles. The number of carbonyl (C=O) groups excluding carboxylic acids is 1. The van der Waals surface area contributed by atoms with Gasteiger partial charge in [0.2, 0.25) is 0 Å². The Morgan fingerprint density at radius 2 is 2.12 bits per heavy atom. The highest BCUT2D eigenvalue weighted by Crippen LogP contribution is 2.30. The summed E-state index contributed by atoms with van der Waals surface area (Å²) in [7, 11) is 1.17. The molecule has 0 atom stereocenters. The number of hydrogen-bond acceptors (Lipinski definition) is 3. The van der Waals surface area contributed by atoms with Crippen molar-refractivity contribution in [1.82, 2.24) is 0 Å². The maximum Gasteiger partial charge on any atom is 0.387 e. The maximum absolute atomic E-state index is 12.2. The van der Waals surface area contributed by atoms with Gasteiger partial charge in [-0.3, -0.25) is 0 Å². The third kappa shape index (κ3) is 3.64. The fourth-order valence-corrected chi connectivity index (χ4v) is 2.48. The largest absolute Gasteiger partial charge is 0.465 e. The Balaban J connectivity index is 3.25. The van der Waals surface area contributed by atoms with Gasteiger partial charge in [-0.05, 0) is 17.7 Å². The summed E-state index contributed by atoms with van der Waals surface area (Å²) < 4.78 is 33.8. The number of carbonyl (C=O) groups is 1. The highest BCUT2D eigenvalue weighted by atomic mass is 79.9. The molecule has 0 amide bonds. The van der Waals surface area contributed by atoms with Gasteiger partial charge in [0.25, 0.3) is 0 Å². The van der Waals surface area contributed by atoms with Gasteiger partial charge >= 0.3 is 12.6 Å². The van der Waals surface area contributed by atoms with Gasteiger partial charge in [-0.1, -0.05) is 31.9 Å². The van der Waals surface area contributed by atoms with E-state index in [1.165, 1.54) is 19.2 Å². The summed E-state index contributed by atoms with van der Waals surface area (Å²) in [5, 5.41) is 0.439. The molecule has 0 fully saturated rings. The van der Waals surface area contributed by atoms with Crippen LogP contribution >= 0.6 is 31.9 Å². The zero-order valence-electron chi connectivity index (χ0n) is 8.68. The van der Waals surface area contributed by atoms with Crippen LogP contribution in [0.4, 0.5) is 8.78 Å². The van der Waals surface area contributed by atoms with Gasteiger partial charge in [0, 0.05) is 9.80 Å². The molecule has 0 aromatic heterocycles. The standard InChI is InChI=1S/C10H8Br2F2O3/c1-16-9(15)6-3-7(12)5(4-11)2-8(6)17-10(13)14/h2-3,10H,4H2,1H3. The molecule has 0 aliphatic rings. The van der Waals surface area contributed by atoms with E-state index >= 15 is 0 Å². The Morgan fingerprint density at radius 3 is 2.59 bits per heavy atom. The molecule has 1 aromatic carbocycles. The van der Waals surface area contributed by atoms with E-state index in [-0.39, 0.29) is 11.3 Å². The summed E-state index contributed by atoms with van der Waals surface area (Å²) in [5.41, 5.74) is 0.637. The van der Waals surface area contributed by atoms with Crippen molar-refractivity contribution < 1.29 is 23.0 Å². The van der Waals surface area contributed by atoms with Crippen molar-refractivity contribution in [3.63, 3.8) is 0 Å². The lowest BCUT2D eigenvalue weighted by atomic mass is 10.1. The monoisotopic (exact) mass is 372 g/mol. The van der Waals surface area contributed by atoms with Crippen LogP contribution in [0.2, 0.25) is 0 Å². The molecule has 0 aliphatic carbocycles. The van der Waals surface area contributed by atoms with Crippen molar-refractivity contribution in [2.75, 3.05) is 7.11 Å². The van der Waals surface area contributed by atoms with Crippen LogP contribution < -0.4 is 4.74 Å². The highest BCUT2D eigenvalue weighted by molar-refractivity contribution is 9.10. The minimum atomic E-state index is -3.00. The summed E-state index contributed by atoms with van der Waals surface area (Å²) in [4.78, 5) is 11.4. The number of alkyl halides is 3. The topological polar surface area (TPSA) is 35.5 Å². The Bertz CT molecular complexity index is 424. The van der Waals surface area contributed by atoms with Gasteiger partial charge in [-0.2, -0.15) is 8.78 Å². The smallest absolute Gasteiger partial charge is 0.387 e. The zero-order valence-corrected chi connectivity index (χ0v) is 11.8. The van der Waals surface area contributed by atoms with Crippen LogP contribution in [0.5, 0.6) is 5.75 Å². The van der Waals surface area contributed by atoms with Gasteiger partial charge in [-0.15, -0.1) is 0 Å². The quantitative estimate of drug-likeness (QED) is 0.595. The van der Waals surface area contributed by atoms with Gasteiger partial charge in [0.15, 0.2) is 0 Å². The number of halogens is 4. The van der Waals surface area contributed by atoms with Crippen LogP contribution in [0.15, 0.2) is 16.6 Å². The van der Waals surface area contributed by atoms with Crippen LogP contribution in [0.25, 0.3) is 0 Å². The first-order valence-corrected chi connectivity index (χ1v) is 6.32. The number of rotatable bonds is 4. The lowest BCUT2D eigenvalue weighted by Gasteiger charge is -2.12. The van der Waals surface area contributed by atoms with Crippen molar-refractivity contribution in [2.45, 2.75) is 11.9 Å². The number of methoxy groups -OCH3 is 1. The number of hydrogen-bond donors (Lipinski definition) is 0. The zero-order chi connectivity index (χ0) is 13.0. The predicted molar refractivity (Wildman–Crippen MR) is 64.7 cm³/mol. The first kappa shape index (κ1) is 14.4. The van der Waals surface area contributed by atoms with Gasteiger partial charge < -0.3 is 9.47 Å². The molecule has 94 valence electrons. The molecule has 1 rings (SSSR count). The Morgan fingerprint density at radius 1 is 1.47 bits per heavy atom. The van der Waals surface area contributed by atoms with Gasteiger partial charge in [0.1, 0.15) is 11.3 Å². The average molecular weight is 374 g/mol. The summed E-state index contributed by atoms with van der Waals surface area (Å²) in [6.07, 6.45) is 0. The molecule has 1 aromatic rings. The first-order valence-electron chi connectivity index (χ1n) is 4.41.